The molecule has 3 rings (SSSR count). The minimum Gasteiger partial charge on any atom is -0.351 e. The number of hydrogen-bond acceptors (Lipinski definition) is 3. The third-order valence-electron chi connectivity index (χ3n) is 3.80. The Morgan fingerprint density at radius 2 is 1.60 bits per heavy atom. The number of hydrogen-bond donors (Lipinski definition) is 1. The van der Waals surface area contributed by atoms with E-state index >= 15 is 0 Å². The van der Waals surface area contributed by atoms with Crippen molar-refractivity contribution in [2.75, 3.05) is 6.54 Å². The van der Waals surface area contributed by atoms with Crippen molar-refractivity contribution in [3.05, 3.63) is 102 Å². The average molecular weight is 348 g/mol. The van der Waals surface area contributed by atoms with E-state index in [1.807, 2.05) is 66.7 Å². The lowest BCUT2D eigenvalue weighted by Gasteiger charge is -2.17. The fourth-order valence-corrected chi connectivity index (χ4v) is 3.56. The standard InChI is InChI=1S/C21H20N2OS/c24-21(18-11-5-2-6-12-18)23-15-20(19-13-7-8-14-22-19)25-16-17-9-3-1-4-10-17/h1-14,20H,15-16H2,(H,23,24)/t20-/m1/s1. The van der Waals surface area contributed by atoms with Crippen LogP contribution < -0.4 is 5.32 Å². The predicted molar refractivity (Wildman–Crippen MR) is 103 cm³/mol. The van der Waals surface area contributed by atoms with Gasteiger partial charge in [0.1, 0.15) is 0 Å². The summed E-state index contributed by atoms with van der Waals surface area (Å²) >= 11 is 1.79. The number of nitrogens with zero attached hydrogens (tertiary/aromatic N) is 1. The lowest BCUT2D eigenvalue weighted by atomic mass is 10.2. The molecule has 2 aromatic carbocycles. The second kappa shape index (κ2) is 9.04. The zero-order valence-electron chi connectivity index (χ0n) is 13.8. The van der Waals surface area contributed by atoms with Crippen LogP contribution in [0.5, 0.6) is 0 Å². The van der Waals surface area contributed by atoms with Crippen molar-refractivity contribution in [3.8, 4) is 0 Å². The van der Waals surface area contributed by atoms with Crippen molar-refractivity contribution < 1.29 is 4.79 Å². The Labute approximate surface area is 152 Å². The lowest BCUT2D eigenvalue weighted by Crippen LogP contribution is -2.27. The van der Waals surface area contributed by atoms with Crippen LogP contribution in [0.15, 0.2) is 85.1 Å². The summed E-state index contributed by atoms with van der Waals surface area (Å²) in [5, 5.41) is 3.14. The number of carbonyl (C=O) groups excluding carboxylic acids is 1. The van der Waals surface area contributed by atoms with E-state index in [-0.39, 0.29) is 11.2 Å². The Morgan fingerprint density at radius 3 is 2.28 bits per heavy atom. The molecule has 1 heterocycles. The maximum absolute atomic E-state index is 12.3. The van der Waals surface area contributed by atoms with Gasteiger partial charge >= 0.3 is 0 Å². The molecule has 25 heavy (non-hydrogen) atoms. The average Bonchev–Trinajstić information content (AvgIpc) is 2.70. The van der Waals surface area contributed by atoms with Gasteiger partial charge < -0.3 is 5.32 Å². The van der Waals surface area contributed by atoms with Crippen LogP contribution in [0.3, 0.4) is 0 Å². The smallest absolute Gasteiger partial charge is 0.251 e. The zero-order valence-corrected chi connectivity index (χ0v) is 14.7. The van der Waals surface area contributed by atoms with Crippen LogP contribution in [0.1, 0.15) is 26.9 Å². The highest BCUT2D eigenvalue weighted by Gasteiger charge is 2.15. The van der Waals surface area contributed by atoms with Crippen molar-refractivity contribution in [1.29, 1.82) is 0 Å². The molecule has 1 atom stereocenters. The van der Waals surface area contributed by atoms with Gasteiger partial charge in [-0.3, -0.25) is 9.78 Å². The number of pyridine rings is 1. The summed E-state index contributed by atoms with van der Waals surface area (Å²) in [5.74, 6) is 0.824. The summed E-state index contributed by atoms with van der Waals surface area (Å²) in [5.41, 5.74) is 2.93. The number of carbonyl (C=O) groups is 1. The van der Waals surface area contributed by atoms with Crippen molar-refractivity contribution in [2.45, 2.75) is 11.0 Å². The van der Waals surface area contributed by atoms with E-state index in [1.165, 1.54) is 5.56 Å². The van der Waals surface area contributed by atoms with Gasteiger partial charge in [0.05, 0.1) is 10.9 Å². The molecular formula is C21H20N2OS. The Hall–Kier alpha value is -2.59. The number of nitrogens with one attached hydrogen (secondary N) is 1. The van der Waals surface area contributed by atoms with Crippen molar-refractivity contribution in [3.63, 3.8) is 0 Å². The number of rotatable bonds is 7. The summed E-state index contributed by atoms with van der Waals surface area (Å²) in [6.07, 6.45) is 1.80. The first-order valence-electron chi connectivity index (χ1n) is 8.22. The van der Waals surface area contributed by atoms with Crippen molar-refractivity contribution >= 4 is 17.7 Å². The van der Waals surface area contributed by atoms with Crippen LogP contribution in [0, 0.1) is 0 Å². The van der Waals surface area contributed by atoms with Gasteiger partial charge in [0.15, 0.2) is 0 Å². The number of amides is 1. The SMILES string of the molecule is O=C(NC[C@@H](SCc1ccccc1)c1ccccn1)c1ccccc1. The Morgan fingerprint density at radius 1 is 0.920 bits per heavy atom. The molecule has 4 heteroatoms. The van der Waals surface area contributed by atoms with E-state index in [0.29, 0.717) is 12.1 Å². The van der Waals surface area contributed by atoms with Gasteiger partial charge in [-0.05, 0) is 29.8 Å². The third-order valence-corrected chi connectivity index (χ3v) is 5.11. The second-order valence-corrected chi connectivity index (χ2v) is 6.81. The monoisotopic (exact) mass is 348 g/mol. The topological polar surface area (TPSA) is 42.0 Å². The highest BCUT2D eigenvalue weighted by atomic mass is 32.2. The highest BCUT2D eigenvalue weighted by molar-refractivity contribution is 7.98. The van der Waals surface area contributed by atoms with Crippen LogP contribution >= 0.6 is 11.8 Å². The Balaban J connectivity index is 1.65. The molecule has 1 aromatic heterocycles. The molecule has 0 bridgehead atoms. The van der Waals surface area contributed by atoms with Gasteiger partial charge in [0, 0.05) is 24.1 Å². The predicted octanol–water partition coefficient (Wildman–Crippen LogP) is 4.49. The highest BCUT2D eigenvalue weighted by Crippen LogP contribution is 2.29. The van der Waals surface area contributed by atoms with Gasteiger partial charge in [0.2, 0.25) is 0 Å². The van der Waals surface area contributed by atoms with Gasteiger partial charge in [0.25, 0.3) is 5.91 Å². The summed E-state index contributed by atoms with van der Waals surface area (Å²) in [7, 11) is 0. The summed E-state index contributed by atoms with van der Waals surface area (Å²) in [6.45, 7) is 0.544. The first kappa shape index (κ1) is 17.2. The van der Waals surface area contributed by atoms with Crippen LogP contribution in [-0.4, -0.2) is 17.4 Å². The quantitative estimate of drug-likeness (QED) is 0.684. The molecule has 0 aliphatic carbocycles. The Kier molecular flexibility index (Phi) is 6.23. The molecule has 0 radical (unpaired) electrons. The molecule has 0 spiro atoms. The first-order chi connectivity index (χ1) is 12.3. The van der Waals surface area contributed by atoms with Gasteiger partial charge in [-0.25, -0.2) is 0 Å². The van der Waals surface area contributed by atoms with E-state index in [1.54, 1.807) is 18.0 Å². The van der Waals surface area contributed by atoms with Gasteiger partial charge in [-0.15, -0.1) is 11.8 Å². The van der Waals surface area contributed by atoms with Crippen LogP contribution in [0.25, 0.3) is 0 Å². The molecule has 3 nitrogen and oxygen atoms in total. The maximum atomic E-state index is 12.3. The molecule has 1 N–H and O–H groups in total. The maximum Gasteiger partial charge on any atom is 0.251 e. The van der Waals surface area contributed by atoms with Crippen LogP contribution in [0.2, 0.25) is 0 Å². The first-order valence-corrected chi connectivity index (χ1v) is 9.27. The molecule has 0 aliphatic rings. The minimum absolute atomic E-state index is 0.0538. The molecule has 0 unspecified atom stereocenters. The summed E-state index contributed by atoms with van der Waals surface area (Å²) in [6, 6.07) is 25.5. The van der Waals surface area contributed by atoms with E-state index in [2.05, 4.69) is 22.4 Å². The molecule has 0 saturated heterocycles. The van der Waals surface area contributed by atoms with E-state index in [4.69, 9.17) is 0 Å². The molecule has 1 amide bonds. The number of thioether (sulfide) groups is 1. The summed E-state index contributed by atoms with van der Waals surface area (Å²) in [4.78, 5) is 16.8. The molecule has 0 fully saturated rings. The van der Waals surface area contributed by atoms with Gasteiger partial charge in [-0.1, -0.05) is 54.6 Å². The van der Waals surface area contributed by atoms with Crippen molar-refractivity contribution in [2.24, 2.45) is 0 Å². The fourth-order valence-electron chi connectivity index (χ4n) is 2.46. The number of benzene rings is 2. The summed E-state index contributed by atoms with van der Waals surface area (Å²) < 4.78 is 0. The zero-order chi connectivity index (χ0) is 17.3. The Bertz CT molecular complexity index is 779. The van der Waals surface area contributed by atoms with E-state index in [9.17, 15) is 4.79 Å². The van der Waals surface area contributed by atoms with Crippen LogP contribution in [0.4, 0.5) is 0 Å². The van der Waals surface area contributed by atoms with Crippen molar-refractivity contribution in [1.82, 2.24) is 10.3 Å². The van der Waals surface area contributed by atoms with E-state index in [0.717, 1.165) is 11.4 Å². The molecule has 3 aromatic rings. The largest absolute Gasteiger partial charge is 0.351 e. The lowest BCUT2D eigenvalue weighted by molar-refractivity contribution is 0.0953. The molecule has 0 saturated carbocycles. The van der Waals surface area contributed by atoms with E-state index < -0.39 is 0 Å². The molecular weight excluding hydrogens is 328 g/mol. The normalized spacial score (nSPS) is 11.7. The molecule has 126 valence electrons. The molecule has 0 aliphatic heterocycles. The minimum atomic E-state index is -0.0538. The third kappa shape index (κ3) is 5.19. The second-order valence-electron chi connectivity index (χ2n) is 5.62. The van der Waals surface area contributed by atoms with Gasteiger partial charge in [-0.2, -0.15) is 0 Å². The fraction of sp³-hybridized carbons (Fsp3) is 0.143. The van der Waals surface area contributed by atoms with Crippen LogP contribution in [-0.2, 0) is 5.75 Å². The number of aromatic nitrogens is 1.